The second-order valence-electron chi connectivity index (χ2n) is 3.11. The molecule has 0 saturated heterocycles. The van der Waals surface area contributed by atoms with Crippen molar-refractivity contribution in [3.05, 3.63) is 0 Å². The molecule has 0 aromatic rings. The number of hydrogen-bond donors (Lipinski definition) is 2. The molecule has 4 heteroatoms. The van der Waals surface area contributed by atoms with E-state index in [1.807, 2.05) is 0 Å². The largest absolute Gasteiger partial charge is 0.370 e. The van der Waals surface area contributed by atoms with E-state index < -0.39 is 0 Å². The molecule has 3 N–H and O–H groups in total. The van der Waals surface area contributed by atoms with Crippen LogP contribution in [0.25, 0.3) is 0 Å². The number of hydrogen-bond acceptors (Lipinski definition) is 3. The van der Waals surface area contributed by atoms with E-state index in [4.69, 9.17) is 5.73 Å². The molecule has 0 radical (unpaired) electrons. The van der Waals surface area contributed by atoms with Crippen molar-refractivity contribution in [2.24, 2.45) is 16.6 Å². The highest BCUT2D eigenvalue weighted by Crippen LogP contribution is 2.29. The Hall–Kier alpha value is -1.06. The first-order valence-corrected chi connectivity index (χ1v) is 3.91. The molecular formula is C7H11N3O. The summed E-state index contributed by atoms with van der Waals surface area (Å²) in [6, 6.07) is 0.170. The van der Waals surface area contributed by atoms with Gasteiger partial charge in [-0.1, -0.05) is 6.42 Å². The fourth-order valence-corrected chi connectivity index (χ4v) is 1.83. The number of aliphatic imine (C=N–C) groups is 1. The van der Waals surface area contributed by atoms with Crippen LogP contribution >= 0.6 is 0 Å². The maximum Gasteiger partial charge on any atom is 0.231 e. The molecule has 1 fully saturated rings. The molecule has 4 nitrogen and oxygen atoms in total. The molecule has 2 rings (SSSR count). The summed E-state index contributed by atoms with van der Waals surface area (Å²) in [5.74, 6) is 0.445. The third-order valence-corrected chi connectivity index (χ3v) is 2.37. The van der Waals surface area contributed by atoms with Crippen LogP contribution in [-0.4, -0.2) is 17.9 Å². The average molecular weight is 153 g/mol. The van der Waals surface area contributed by atoms with Gasteiger partial charge in [-0.25, -0.2) is 4.99 Å². The Kier molecular flexibility index (Phi) is 1.34. The van der Waals surface area contributed by atoms with Crippen molar-refractivity contribution in [2.75, 3.05) is 0 Å². The first kappa shape index (κ1) is 6.64. The zero-order valence-electron chi connectivity index (χ0n) is 6.21. The summed E-state index contributed by atoms with van der Waals surface area (Å²) >= 11 is 0. The molecule has 1 aliphatic heterocycles. The normalized spacial score (nSPS) is 36.0. The highest BCUT2D eigenvalue weighted by Gasteiger charge is 2.35. The van der Waals surface area contributed by atoms with E-state index in [1.54, 1.807) is 0 Å². The molecule has 0 aromatic heterocycles. The molecule has 0 aromatic carbocycles. The van der Waals surface area contributed by atoms with Crippen LogP contribution in [0.1, 0.15) is 19.3 Å². The summed E-state index contributed by atoms with van der Waals surface area (Å²) in [4.78, 5) is 15.4. The summed E-state index contributed by atoms with van der Waals surface area (Å²) in [5, 5.41) is 2.54. The van der Waals surface area contributed by atoms with E-state index in [1.165, 1.54) is 0 Å². The van der Waals surface area contributed by atoms with Gasteiger partial charge in [-0.2, -0.15) is 0 Å². The molecule has 0 bridgehead atoms. The summed E-state index contributed by atoms with van der Waals surface area (Å²) in [7, 11) is 0. The number of carbonyl (C=O) groups is 1. The minimum Gasteiger partial charge on any atom is -0.370 e. The third kappa shape index (κ3) is 0.982. The molecule has 1 amide bonds. The average Bonchev–Trinajstić information content (AvgIpc) is 2.34. The number of fused-ring (bicyclic) bond motifs is 1. The second kappa shape index (κ2) is 2.22. The highest BCUT2D eigenvalue weighted by molar-refractivity contribution is 5.99. The van der Waals surface area contributed by atoms with Gasteiger partial charge in [-0.15, -0.1) is 0 Å². The zero-order chi connectivity index (χ0) is 7.84. The lowest BCUT2D eigenvalue weighted by atomic mass is 10.0. The highest BCUT2D eigenvalue weighted by atomic mass is 16.2. The molecule has 60 valence electrons. The number of nitrogens with two attached hydrogens (primary N) is 1. The second-order valence-corrected chi connectivity index (χ2v) is 3.11. The lowest BCUT2D eigenvalue weighted by Crippen LogP contribution is -2.47. The molecule has 1 saturated carbocycles. The number of guanidine groups is 1. The Labute approximate surface area is 64.9 Å². The van der Waals surface area contributed by atoms with Gasteiger partial charge in [0.05, 0.1) is 12.0 Å². The third-order valence-electron chi connectivity index (χ3n) is 2.37. The molecule has 2 aliphatic rings. The number of rotatable bonds is 0. The first-order valence-electron chi connectivity index (χ1n) is 3.91. The van der Waals surface area contributed by atoms with Gasteiger partial charge >= 0.3 is 0 Å². The Balaban J connectivity index is 2.25. The maximum atomic E-state index is 11.2. The summed E-state index contributed by atoms with van der Waals surface area (Å²) in [6.07, 6.45) is 3.08. The molecule has 1 heterocycles. The minimum absolute atomic E-state index is 0.0556. The summed E-state index contributed by atoms with van der Waals surface area (Å²) < 4.78 is 0. The number of carbonyl (C=O) groups excluding carboxylic acids is 1. The van der Waals surface area contributed by atoms with E-state index in [2.05, 4.69) is 10.3 Å². The van der Waals surface area contributed by atoms with Crippen molar-refractivity contribution >= 4 is 11.9 Å². The number of amides is 1. The van der Waals surface area contributed by atoms with Gasteiger partial charge in [-0.3, -0.25) is 10.1 Å². The van der Waals surface area contributed by atoms with Gasteiger partial charge in [0, 0.05) is 0 Å². The topological polar surface area (TPSA) is 67.5 Å². The molecular weight excluding hydrogens is 142 g/mol. The SMILES string of the molecule is NC1=NC2CCCC2C(=O)N1. The monoisotopic (exact) mass is 153 g/mol. The maximum absolute atomic E-state index is 11.2. The first-order chi connectivity index (χ1) is 5.27. The van der Waals surface area contributed by atoms with Crippen LogP contribution in [0.5, 0.6) is 0 Å². The van der Waals surface area contributed by atoms with E-state index >= 15 is 0 Å². The molecule has 11 heavy (non-hydrogen) atoms. The summed E-state index contributed by atoms with van der Waals surface area (Å²) in [6.45, 7) is 0. The quantitative estimate of drug-likeness (QED) is 0.497. The molecule has 2 unspecified atom stereocenters. The van der Waals surface area contributed by atoms with E-state index in [0.717, 1.165) is 19.3 Å². The van der Waals surface area contributed by atoms with Crippen molar-refractivity contribution < 1.29 is 4.79 Å². The van der Waals surface area contributed by atoms with Crippen LogP contribution in [0, 0.1) is 5.92 Å². The Morgan fingerprint density at radius 2 is 2.36 bits per heavy atom. The predicted octanol–water partition coefficient (Wildman–Crippen LogP) is -0.400. The van der Waals surface area contributed by atoms with E-state index in [9.17, 15) is 4.79 Å². The fourth-order valence-electron chi connectivity index (χ4n) is 1.83. The van der Waals surface area contributed by atoms with Crippen LogP contribution in [0.4, 0.5) is 0 Å². The Morgan fingerprint density at radius 3 is 3.18 bits per heavy atom. The molecule has 1 aliphatic carbocycles. The predicted molar refractivity (Wildman–Crippen MR) is 40.9 cm³/mol. The number of nitrogens with zero attached hydrogens (tertiary/aromatic N) is 1. The smallest absolute Gasteiger partial charge is 0.231 e. The van der Waals surface area contributed by atoms with Crippen LogP contribution < -0.4 is 11.1 Å². The van der Waals surface area contributed by atoms with Gasteiger partial charge in [-0.05, 0) is 12.8 Å². The lowest BCUT2D eigenvalue weighted by molar-refractivity contribution is -0.124. The Morgan fingerprint density at radius 1 is 1.55 bits per heavy atom. The van der Waals surface area contributed by atoms with Gasteiger partial charge in [0.25, 0.3) is 0 Å². The van der Waals surface area contributed by atoms with E-state index in [-0.39, 0.29) is 23.8 Å². The van der Waals surface area contributed by atoms with Crippen LogP contribution in [0.15, 0.2) is 4.99 Å². The van der Waals surface area contributed by atoms with Gasteiger partial charge < -0.3 is 5.73 Å². The van der Waals surface area contributed by atoms with Crippen molar-refractivity contribution in [1.29, 1.82) is 0 Å². The van der Waals surface area contributed by atoms with Gasteiger partial charge in [0.1, 0.15) is 0 Å². The van der Waals surface area contributed by atoms with Crippen molar-refractivity contribution in [3.63, 3.8) is 0 Å². The standard InChI is InChI=1S/C7H11N3O/c8-7-9-5-3-1-2-4(5)6(11)10-7/h4-5H,1-3H2,(H3,8,9,10,11). The van der Waals surface area contributed by atoms with Gasteiger partial charge in [0.15, 0.2) is 5.96 Å². The van der Waals surface area contributed by atoms with Crippen LogP contribution in [0.3, 0.4) is 0 Å². The minimum atomic E-state index is 0.0556. The lowest BCUT2D eigenvalue weighted by Gasteiger charge is -2.21. The zero-order valence-corrected chi connectivity index (χ0v) is 6.21. The Bertz CT molecular complexity index is 224. The molecule has 0 spiro atoms. The van der Waals surface area contributed by atoms with E-state index in [0.29, 0.717) is 0 Å². The van der Waals surface area contributed by atoms with Crippen molar-refractivity contribution in [2.45, 2.75) is 25.3 Å². The van der Waals surface area contributed by atoms with Crippen molar-refractivity contribution in [1.82, 2.24) is 5.32 Å². The molecule has 2 atom stereocenters. The van der Waals surface area contributed by atoms with Crippen LogP contribution in [-0.2, 0) is 4.79 Å². The van der Waals surface area contributed by atoms with Gasteiger partial charge in [0.2, 0.25) is 5.91 Å². The fraction of sp³-hybridized carbons (Fsp3) is 0.714. The summed E-state index contributed by atoms with van der Waals surface area (Å²) in [5.41, 5.74) is 5.40. The van der Waals surface area contributed by atoms with Crippen molar-refractivity contribution in [3.8, 4) is 0 Å². The van der Waals surface area contributed by atoms with Crippen LogP contribution in [0.2, 0.25) is 0 Å². The number of nitrogens with one attached hydrogen (secondary N) is 1.